The average molecular weight is 183 g/mol. The van der Waals surface area contributed by atoms with Gasteiger partial charge in [-0.3, -0.25) is 0 Å². The van der Waals surface area contributed by atoms with Gasteiger partial charge < -0.3 is 5.73 Å². The molecule has 0 heterocycles. The lowest BCUT2D eigenvalue weighted by atomic mass is 10.1. The summed E-state index contributed by atoms with van der Waals surface area (Å²) in [7, 11) is -0.582. The van der Waals surface area contributed by atoms with Gasteiger partial charge in [0.2, 0.25) is 0 Å². The molecule has 12 heavy (non-hydrogen) atoms. The zero-order valence-electron chi connectivity index (χ0n) is 8.05. The normalized spacial score (nSPS) is 20.1. The van der Waals surface area contributed by atoms with Gasteiger partial charge in [0, 0.05) is 12.1 Å². The van der Waals surface area contributed by atoms with Crippen molar-refractivity contribution in [1.29, 1.82) is 0 Å². The third kappa shape index (κ3) is 1.95. The first kappa shape index (κ1) is 9.46. The van der Waals surface area contributed by atoms with E-state index in [0.29, 0.717) is 0 Å². The minimum atomic E-state index is -0.582. The summed E-state index contributed by atoms with van der Waals surface area (Å²) in [4.78, 5) is 1.49. The summed E-state index contributed by atoms with van der Waals surface area (Å²) in [6.45, 7) is 3.94. The molecule has 0 aromatic rings. The van der Waals surface area contributed by atoms with Gasteiger partial charge >= 0.3 is 0 Å². The third-order valence-corrected chi connectivity index (χ3v) is 3.88. The minimum absolute atomic E-state index is 0.582. The largest absolute Gasteiger partial charge is 0.399 e. The first-order valence-corrected chi connectivity index (χ1v) is 6.80. The third-order valence-electron chi connectivity index (χ3n) is 2.03. The van der Waals surface area contributed by atoms with E-state index in [0.717, 1.165) is 17.7 Å². The molecule has 0 amide bonds. The molecule has 0 aromatic carbocycles. The standard InChI is InChI=1S/C10H17NS/c1-8-7-9(12(2,3)4)5-6-10(8)11/h5-6H,1,7,11H2,2-4H3. The van der Waals surface area contributed by atoms with Crippen molar-refractivity contribution in [2.45, 2.75) is 6.42 Å². The van der Waals surface area contributed by atoms with E-state index in [1.165, 1.54) is 4.91 Å². The van der Waals surface area contributed by atoms with Crippen molar-refractivity contribution in [2.24, 2.45) is 5.73 Å². The highest BCUT2D eigenvalue weighted by atomic mass is 32.3. The highest BCUT2D eigenvalue weighted by Crippen LogP contribution is 2.48. The van der Waals surface area contributed by atoms with Crippen LogP contribution in [0.4, 0.5) is 0 Å². The molecule has 0 saturated carbocycles. The zero-order chi connectivity index (χ0) is 9.35. The fraction of sp³-hybridized carbons (Fsp3) is 0.400. The van der Waals surface area contributed by atoms with Crippen LogP contribution < -0.4 is 5.73 Å². The first-order chi connectivity index (χ1) is 5.41. The van der Waals surface area contributed by atoms with E-state index >= 15 is 0 Å². The smallest absolute Gasteiger partial charge is 0.0344 e. The summed E-state index contributed by atoms with van der Waals surface area (Å²) in [6, 6.07) is 0. The van der Waals surface area contributed by atoms with Crippen LogP contribution in [0.15, 0.2) is 34.9 Å². The van der Waals surface area contributed by atoms with Crippen molar-refractivity contribution in [3.63, 3.8) is 0 Å². The Bertz CT molecular complexity index is 266. The van der Waals surface area contributed by atoms with Crippen LogP contribution in [0, 0.1) is 0 Å². The SMILES string of the molecule is C=C1CC(S(C)(C)C)=CC=C1N. The maximum Gasteiger partial charge on any atom is 0.0344 e. The molecule has 0 saturated heterocycles. The van der Waals surface area contributed by atoms with E-state index in [9.17, 15) is 0 Å². The van der Waals surface area contributed by atoms with Gasteiger partial charge in [0.1, 0.15) is 0 Å². The van der Waals surface area contributed by atoms with Crippen LogP contribution >= 0.6 is 10.0 Å². The van der Waals surface area contributed by atoms with Crippen LogP contribution in [0.2, 0.25) is 0 Å². The van der Waals surface area contributed by atoms with Crippen LogP contribution in [0.25, 0.3) is 0 Å². The molecular formula is C10H17NS. The number of allylic oxidation sites excluding steroid dienone is 4. The minimum Gasteiger partial charge on any atom is -0.399 e. The summed E-state index contributed by atoms with van der Waals surface area (Å²) in [6.07, 6.45) is 12.0. The molecule has 1 nitrogen and oxygen atoms in total. The van der Waals surface area contributed by atoms with E-state index in [2.05, 4.69) is 31.4 Å². The molecule has 0 aliphatic heterocycles. The first-order valence-electron chi connectivity index (χ1n) is 3.94. The van der Waals surface area contributed by atoms with Gasteiger partial charge in [0.25, 0.3) is 0 Å². The fourth-order valence-corrected chi connectivity index (χ4v) is 2.18. The molecule has 0 fully saturated rings. The number of nitrogens with two attached hydrogens (primary N) is 1. The Morgan fingerprint density at radius 3 is 2.33 bits per heavy atom. The van der Waals surface area contributed by atoms with Crippen LogP contribution in [0.1, 0.15) is 6.42 Å². The van der Waals surface area contributed by atoms with Gasteiger partial charge in [-0.1, -0.05) is 12.7 Å². The molecule has 0 bridgehead atoms. The van der Waals surface area contributed by atoms with Crippen molar-refractivity contribution in [2.75, 3.05) is 18.8 Å². The molecule has 2 N–H and O–H groups in total. The van der Waals surface area contributed by atoms with Gasteiger partial charge in [-0.05, 0) is 35.3 Å². The van der Waals surface area contributed by atoms with E-state index < -0.39 is 10.0 Å². The maximum absolute atomic E-state index is 5.71. The second kappa shape index (κ2) is 3.02. The Labute approximate surface area is 76.3 Å². The van der Waals surface area contributed by atoms with Crippen LogP contribution in [0.3, 0.4) is 0 Å². The molecular weight excluding hydrogens is 166 g/mol. The summed E-state index contributed by atoms with van der Waals surface area (Å²) in [5.74, 6) is 0. The number of hydrogen-bond donors (Lipinski definition) is 1. The van der Waals surface area contributed by atoms with E-state index in [1.807, 2.05) is 6.08 Å². The van der Waals surface area contributed by atoms with E-state index in [4.69, 9.17) is 5.73 Å². The Kier molecular flexibility index (Phi) is 2.38. The Morgan fingerprint density at radius 2 is 1.92 bits per heavy atom. The number of rotatable bonds is 1. The number of hydrogen-bond acceptors (Lipinski definition) is 1. The molecule has 2 heteroatoms. The molecule has 0 spiro atoms. The summed E-state index contributed by atoms with van der Waals surface area (Å²) >= 11 is 0. The molecule has 0 unspecified atom stereocenters. The van der Waals surface area contributed by atoms with Gasteiger partial charge in [-0.15, -0.1) is 0 Å². The lowest BCUT2D eigenvalue weighted by molar-refractivity contribution is 1.15. The molecule has 68 valence electrons. The van der Waals surface area contributed by atoms with E-state index in [1.54, 1.807) is 0 Å². The second-order valence-electron chi connectivity index (χ2n) is 3.87. The summed E-state index contributed by atoms with van der Waals surface area (Å²) in [5, 5.41) is 0. The monoisotopic (exact) mass is 183 g/mol. The topological polar surface area (TPSA) is 26.0 Å². The second-order valence-corrected chi connectivity index (χ2v) is 8.07. The predicted molar refractivity (Wildman–Crippen MR) is 59.5 cm³/mol. The molecule has 1 aliphatic rings. The van der Waals surface area contributed by atoms with Crippen molar-refractivity contribution < 1.29 is 0 Å². The van der Waals surface area contributed by atoms with E-state index in [-0.39, 0.29) is 0 Å². The van der Waals surface area contributed by atoms with Crippen LogP contribution in [0.5, 0.6) is 0 Å². The van der Waals surface area contributed by atoms with Crippen molar-refractivity contribution >= 4 is 10.0 Å². The molecule has 0 radical (unpaired) electrons. The Morgan fingerprint density at radius 1 is 1.33 bits per heavy atom. The van der Waals surface area contributed by atoms with Gasteiger partial charge in [-0.2, -0.15) is 0 Å². The van der Waals surface area contributed by atoms with Gasteiger partial charge in [-0.25, -0.2) is 10.0 Å². The highest BCUT2D eigenvalue weighted by Gasteiger charge is 2.15. The maximum atomic E-state index is 5.71. The lowest BCUT2D eigenvalue weighted by Gasteiger charge is -2.31. The summed E-state index contributed by atoms with van der Waals surface area (Å²) in [5.41, 5.74) is 7.61. The van der Waals surface area contributed by atoms with Crippen molar-refractivity contribution in [3.05, 3.63) is 34.9 Å². The molecule has 0 aromatic heterocycles. The summed E-state index contributed by atoms with van der Waals surface area (Å²) < 4.78 is 0. The predicted octanol–water partition coefficient (Wildman–Crippen LogP) is 2.37. The van der Waals surface area contributed by atoms with Crippen molar-refractivity contribution in [1.82, 2.24) is 0 Å². The average Bonchev–Trinajstić information content (AvgIpc) is 1.92. The van der Waals surface area contributed by atoms with Crippen LogP contribution in [-0.4, -0.2) is 18.8 Å². The molecule has 0 atom stereocenters. The molecule has 1 aliphatic carbocycles. The zero-order valence-corrected chi connectivity index (χ0v) is 8.87. The fourth-order valence-electron chi connectivity index (χ4n) is 1.09. The highest BCUT2D eigenvalue weighted by molar-refractivity contribution is 8.35. The quantitative estimate of drug-likeness (QED) is 0.663. The Balaban J connectivity index is 2.92. The molecule has 1 rings (SSSR count). The van der Waals surface area contributed by atoms with Gasteiger partial charge in [0.05, 0.1) is 0 Å². The van der Waals surface area contributed by atoms with Gasteiger partial charge in [0.15, 0.2) is 0 Å². The lowest BCUT2D eigenvalue weighted by Crippen LogP contribution is -2.07. The Hall–Kier alpha value is -0.630. The van der Waals surface area contributed by atoms with Crippen molar-refractivity contribution in [3.8, 4) is 0 Å². The van der Waals surface area contributed by atoms with Crippen LogP contribution in [-0.2, 0) is 0 Å².